The van der Waals surface area contributed by atoms with Crippen molar-refractivity contribution >= 4 is 27.3 Å². The van der Waals surface area contributed by atoms with Gasteiger partial charge >= 0.3 is 0 Å². The number of aryl methyl sites for hydroxylation is 3. The van der Waals surface area contributed by atoms with E-state index in [1.807, 2.05) is 30.9 Å². The van der Waals surface area contributed by atoms with Crippen molar-refractivity contribution in [2.75, 3.05) is 35.8 Å². The fraction of sp³-hybridized carbons (Fsp3) is 0.269. The van der Waals surface area contributed by atoms with Crippen molar-refractivity contribution in [1.29, 1.82) is 0 Å². The highest BCUT2D eigenvalue weighted by Crippen LogP contribution is 2.21. The summed E-state index contributed by atoms with van der Waals surface area (Å²) in [5, 5.41) is 0. The summed E-state index contributed by atoms with van der Waals surface area (Å²) in [6.07, 6.45) is 0. The van der Waals surface area contributed by atoms with Gasteiger partial charge in [-0.05, 0) is 86.0 Å². The van der Waals surface area contributed by atoms with Gasteiger partial charge in [0.25, 0.3) is 15.9 Å². The molecule has 1 saturated heterocycles. The lowest BCUT2D eigenvalue weighted by Crippen LogP contribution is -2.48. The van der Waals surface area contributed by atoms with E-state index >= 15 is 0 Å². The molecule has 0 radical (unpaired) electrons. The van der Waals surface area contributed by atoms with Crippen molar-refractivity contribution in [3.63, 3.8) is 0 Å². The summed E-state index contributed by atoms with van der Waals surface area (Å²) in [4.78, 5) is 17.2. The highest BCUT2D eigenvalue weighted by Gasteiger charge is 2.23. The number of anilines is 2. The Labute approximate surface area is 195 Å². The van der Waals surface area contributed by atoms with Gasteiger partial charge in [0.2, 0.25) is 0 Å². The van der Waals surface area contributed by atoms with Gasteiger partial charge in [0.1, 0.15) is 0 Å². The first kappa shape index (κ1) is 22.9. The fourth-order valence-electron chi connectivity index (χ4n) is 3.97. The number of piperazine rings is 1. The molecule has 1 aliphatic rings. The van der Waals surface area contributed by atoms with Crippen LogP contribution in [0, 0.1) is 20.8 Å². The van der Waals surface area contributed by atoms with Crippen LogP contribution in [0.1, 0.15) is 27.0 Å². The van der Waals surface area contributed by atoms with E-state index in [-0.39, 0.29) is 10.8 Å². The maximum absolute atomic E-state index is 13.0. The second-order valence-electron chi connectivity index (χ2n) is 8.55. The standard InChI is InChI=1S/C26H29N3O3S/c1-19-5-4-6-24(17-19)28-13-15-29(16-14-28)26(30)22-8-11-25(12-9-22)33(31,32)27-23-10-7-20(2)21(3)18-23/h4-12,17-18,27H,13-16H2,1-3H3. The Balaban J connectivity index is 1.40. The first-order chi connectivity index (χ1) is 15.7. The average Bonchev–Trinajstić information content (AvgIpc) is 2.81. The molecule has 0 spiro atoms. The third kappa shape index (κ3) is 5.20. The Bertz CT molecular complexity index is 1260. The SMILES string of the molecule is Cc1cccc(N2CCN(C(=O)c3ccc(S(=O)(=O)Nc4ccc(C)c(C)c4)cc3)CC2)c1. The molecule has 0 bridgehead atoms. The Morgan fingerprint density at radius 3 is 2.15 bits per heavy atom. The quantitative estimate of drug-likeness (QED) is 0.610. The first-order valence-corrected chi connectivity index (χ1v) is 12.5. The van der Waals surface area contributed by atoms with Crippen molar-refractivity contribution in [1.82, 2.24) is 4.90 Å². The molecule has 0 atom stereocenters. The van der Waals surface area contributed by atoms with Crippen molar-refractivity contribution in [3.05, 3.63) is 89.0 Å². The van der Waals surface area contributed by atoms with E-state index in [4.69, 9.17) is 0 Å². The zero-order valence-electron chi connectivity index (χ0n) is 19.2. The largest absolute Gasteiger partial charge is 0.368 e. The third-order valence-electron chi connectivity index (χ3n) is 6.10. The van der Waals surface area contributed by atoms with Crippen molar-refractivity contribution in [3.8, 4) is 0 Å². The molecule has 0 unspecified atom stereocenters. The van der Waals surface area contributed by atoms with Crippen LogP contribution >= 0.6 is 0 Å². The van der Waals surface area contributed by atoms with E-state index in [9.17, 15) is 13.2 Å². The van der Waals surface area contributed by atoms with Crippen LogP contribution in [0.25, 0.3) is 0 Å². The molecule has 1 amide bonds. The van der Waals surface area contributed by atoms with Crippen LogP contribution in [0.15, 0.2) is 71.6 Å². The predicted octanol–water partition coefficient (Wildman–Crippen LogP) is 4.38. The summed E-state index contributed by atoms with van der Waals surface area (Å²) in [7, 11) is -3.73. The van der Waals surface area contributed by atoms with Crippen molar-refractivity contribution in [2.45, 2.75) is 25.7 Å². The Morgan fingerprint density at radius 2 is 1.52 bits per heavy atom. The summed E-state index contributed by atoms with van der Waals surface area (Å²) in [5.41, 5.74) is 5.51. The van der Waals surface area contributed by atoms with Gasteiger partial charge in [0, 0.05) is 43.1 Å². The zero-order chi connectivity index (χ0) is 23.6. The third-order valence-corrected chi connectivity index (χ3v) is 7.50. The lowest BCUT2D eigenvalue weighted by Gasteiger charge is -2.36. The zero-order valence-corrected chi connectivity index (χ0v) is 20.0. The Morgan fingerprint density at radius 1 is 0.818 bits per heavy atom. The molecular formula is C26H29N3O3S. The van der Waals surface area contributed by atoms with Crippen molar-refractivity contribution < 1.29 is 13.2 Å². The molecule has 7 heteroatoms. The van der Waals surface area contributed by atoms with E-state index in [0.717, 1.165) is 24.2 Å². The van der Waals surface area contributed by atoms with Gasteiger partial charge in [-0.15, -0.1) is 0 Å². The minimum Gasteiger partial charge on any atom is -0.368 e. The van der Waals surface area contributed by atoms with Gasteiger partial charge in [0.15, 0.2) is 0 Å². The summed E-state index contributed by atoms with van der Waals surface area (Å²) in [6.45, 7) is 8.77. The van der Waals surface area contributed by atoms with Gasteiger partial charge < -0.3 is 9.80 Å². The lowest BCUT2D eigenvalue weighted by atomic mass is 10.1. The van der Waals surface area contributed by atoms with Crippen LogP contribution < -0.4 is 9.62 Å². The van der Waals surface area contributed by atoms with E-state index < -0.39 is 10.0 Å². The van der Waals surface area contributed by atoms with Crippen LogP contribution in [0.3, 0.4) is 0 Å². The van der Waals surface area contributed by atoms with E-state index in [2.05, 4.69) is 34.7 Å². The molecule has 1 fully saturated rings. The maximum atomic E-state index is 13.0. The average molecular weight is 464 g/mol. The molecule has 3 aromatic rings. The number of amides is 1. The minimum absolute atomic E-state index is 0.0787. The predicted molar refractivity (Wildman–Crippen MR) is 132 cm³/mol. The molecular weight excluding hydrogens is 434 g/mol. The molecule has 1 aliphatic heterocycles. The number of nitrogens with zero attached hydrogens (tertiary/aromatic N) is 2. The molecule has 172 valence electrons. The first-order valence-electron chi connectivity index (χ1n) is 11.0. The number of hydrogen-bond acceptors (Lipinski definition) is 4. The molecule has 0 aliphatic carbocycles. The van der Waals surface area contributed by atoms with Crippen molar-refractivity contribution in [2.24, 2.45) is 0 Å². The molecule has 0 aromatic heterocycles. The summed E-state index contributed by atoms with van der Waals surface area (Å²) in [6, 6.07) is 20.0. The second-order valence-corrected chi connectivity index (χ2v) is 10.2. The van der Waals surface area contributed by atoms with Gasteiger partial charge in [-0.1, -0.05) is 18.2 Å². The molecule has 4 rings (SSSR count). The molecule has 6 nitrogen and oxygen atoms in total. The monoisotopic (exact) mass is 463 g/mol. The van der Waals surface area contributed by atoms with Crippen LogP contribution in [0.5, 0.6) is 0 Å². The normalized spacial score (nSPS) is 14.3. The van der Waals surface area contributed by atoms with Gasteiger partial charge in [-0.25, -0.2) is 8.42 Å². The van der Waals surface area contributed by atoms with E-state index in [0.29, 0.717) is 24.3 Å². The second kappa shape index (κ2) is 9.27. The molecule has 1 N–H and O–H groups in total. The molecule has 3 aromatic carbocycles. The number of rotatable bonds is 5. The van der Waals surface area contributed by atoms with E-state index in [1.165, 1.54) is 23.4 Å². The topological polar surface area (TPSA) is 69.7 Å². The Kier molecular flexibility index (Phi) is 6.42. The summed E-state index contributed by atoms with van der Waals surface area (Å²) < 4.78 is 28.1. The summed E-state index contributed by atoms with van der Waals surface area (Å²) in [5.74, 6) is -0.0787. The van der Waals surface area contributed by atoms with E-state index in [1.54, 1.807) is 24.3 Å². The van der Waals surface area contributed by atoms with Gasteiger partial charge in [-0.2, -0.15) is 0 Å². The van der Waals surface area contributed by atoms with Crippen LogP contribution in [-0.2, 0) is 10.0 Å². The van der Waals surface area contributed by atoms with Gasteiger partial charge in [-0.3, -0.25) is 9.52 Å². The number of benzene rings is 3. The highest BCUT2D eigenvalue weighted by molar-refractivity contribution is 7.92. The number of sulfonamides is 1. The lowest BCUT2D eigenvalue weighted by molar-refractivity contribution is 0.0746. The van der Waals surface area contributed by atoms with Crippen LogP contribution in [-0.4, -0.2) is 45.4 Å². The number of carbonyl (C=O) groups is 1. The fourth-order valence-corrected chi connectivity index (χ4v) is 5.02. The van der Waals surface area contributed by atoms with Crippen LogP contribution in [0.2, 0.25) is 0 Å². The summed E-state index contributed by atoms with van der Waals surface area (Å²) >= 11 is 0. The molecule has 1 heterocycles. The minimum atomic E-state index is -3.73. The van der Waals surface area contributed by atoms with Crippen LogP contribution in [0.4, 0.5) is 11.4 Å². The highest BCUT2D eigenvalue weighted by atomic mass is 32.2. The Hall–Kier alpha value is -3.32. The van der Waals surface area contributed by atoms with Gasteiger partial charge in [0.05, 0.1) is 4.90 Å². The maximum Gasteiger partial charge on any atom is 0.261 e. The smallest absolute Gasteiger partial charge is 0.261 e. The molecule has 0 saturated carbocycles. The number of nitrogens with one attached hydrogen (secondary N) is 1. The molecule has 33 heavy (non-hydrogen) atoms. The number of hydrogen-bond donors (Lipinski definition) is 1. The number of carbonyl (C=O) groups excluding carboxylic acids is 1.